The molecule has 0 unspecified atom stereocenters. The van der Waals surface area contributed by atoms with Crippen LogP contribution in [0.2, 0.25) is 0 Å². The van der Waals surface area contributed by atoms with Crippen molar-refractivity contribution in [3.05, 3.63) is 58.9 Å². The average Bonchev–Trinajstić information content (AvgIpc) is 3.02. The Morgan fingerprint density at radius 2 is 2.12 bits per heavy atom. The average molecular weight is 427 g/mol. The SMILES string of the molecule is [C-]#[N+]c1cc(C#N)cc(-c2ccc3c(c2)[C@]2(C[C@]4(CCCOC4)O3)N=C(N)N(C)C2=O)c1. The predicted molar refractivity (Wildman–Crippen MR) is 117 cm³/mol. The van der Waals surface area contributed by atoms with Gasteiger partial charge >= 0.3 is 0 Å². The van der Waals surface area contributed by atoms with Crippen molar-refractivity contribution in [1.82, 2.24) is 4.90 Å². The summed E-state index contributed by atoms with van der Waals surface area (Å²) in [5.74, 6) is 0.545. The summed E-state index contributed by atoms with van der Waals surface area (Å²) in [6, 6.07) is 12.7. The van der Waals surface area contributed by atoms with E-state index in [1.54, 1.807) is 25.2 Å². The van der Waals surface area contributed by atoms with E-state index in [1.165, 1.54) is 4.90 Å². The fourth-order valence-electron chi connectivity index (χ4n) is 4.90. The van der Waals surface area contributed by atoms with Gasteiger partial charge in [-0.05, 0) is 54.3 Å². The van der Waals surface area contributed by atoms with Gasteiger partial charge in [-0.2, -0.15) is 5.26 Å². The number of benzene rings is 2. The van der Waals surface area contributed by atoms with E-state index in [0.29, 0.717) is 47.8 Å². The zero-order valence-corrected chi connectivity index (χ0v) is 17.6. The molecule has 1 fully saturated rings. The molecular formula is C24H21N5O3. The van der Waals surface area contributed by atoms with Crippen molar-refractivity contribution in [2.45, 2.75) is 30.4 Å². The summed E-state index contributed by atoms with van der Waals surface area (Å²) in [7, 11) is 1.62. The first-order valence-electron chi connectivity index (χ1n) is 10.4. The molecule has 2 spiro atoms. The Labute approximate surface area is 185 Å². The molecule has 160 valence electrons. The Morgan fingerprint density at radius 1 is 1.28 bits per heavy atom. The molecule has 0 aliphatic carbocycles. The van der Waals surface area contributed by atoms with Crippen molar-refractivity contribution >= 4 is 17.6 Å². The second-order valence-corrected chi connectivity index (χ2v) is 8.52. The first-order chi connectivity index (χ1) is 15.4. The molecule has 32 heavy (non-hydrogen) atoms. The van der Waals surface area contributed by atoms with E-state index in [-0.39, 0.29) is 11.9 Å². The summed E-state index contributed by atoms with van der Waals surface area (Å²) >= 11 is 0. The second-order valence-electron chi connectivity index (χ2n) is 8.52. The molecule has 2 aromatic rings. The van der Waals surface area contributed by atoms with Gasteiger partial charge in [0.15, 0.2) is 17.2 Å². The van der Waals surface area contributed by atoms with Crippen molar-refractivity contribution in [3.8, 4) is 22.9 Å². The molecule has 0 bridgehead atoms. The number of carbonyl (C=O) groups is 1. The molecule has 5 rings (SSSR count). The minimum absolute atomic E-state index is 0.168. The normalized spacial score (nSPS) is 26.3. The highest BCUT2D eigenvalue weighted by molar-refractivity contribution is 6.07. The van der Waals surface area contributed by atoms with Gasteiger partial charge in [0.2, 0.25) is 0 Å². The summed E-state index contributed by atoms with van der Waals surface area (Å²) in [4.78, 5) is 23.0. The van der Waals surface area contributed by atoms with Gasteiger partial charge in [-0.3, -0.25) is 9.69 Å². The van der Waals surface area contributed by atoms with Gasteiger partial charge in [-0.25, -0.2) is 9.84 Å². The molecule has 0 aromatic heterocycles. The molecule has 8 heteroatoms. The minimum atomic E-state index is -1.20. The zero-order valence-electron chi connectivity index (χ0n) is 17.6. The highest BCUT2D eigenvalue weighted by Gasteiger charge is 2.58. The third kappa shape index (κ3) is 2.92. The van der Waals surface area contributed by atoms with Crippen LogP contribution in [0.3, 0.4) is 0 Å². The Hall–Kier alpha value is -3.88. The smallest absolute Gasteiger partial charge is 0.261 e. The molecule has 1 saturated heterocycles. The maximum Gasteiger partial charge on any atom is 0.261 e. The fourth-order valence-corrected chi connectivity index (χ4v) is 4.90. The van der Waals surface area contributed by atoms with Crippen molar-refractivity contribution in [3.63, 3.8) is 0 Å². The van der Waals surface area contributed by atoms with Crippen LogP contribution in [0.1, 0.15) is 30.4 Å². The monoisotopic (exact) mass is 427 g/mol. The van der Waals surface area contributed by atoms with E-state index in [2.05, 4.69) is 15.9 Å². The van der Waals surface area contributed by atoms with Crippen LogP contribution in [-0.2, 0) is 15.1 Å². The van der Waals surface area contributed by atoms with E-state index in [9.17, 15) is 10.1 Å². The lowest BCUT2D eigenvalue weighted by Crippen LogP contribution is -2.55. The first kappa shape index (κ1) is 20.0. The summed E-state index contributed by atoms with van der Waals surface area (Å²) in [6.45, 7) is 8.40. The van der Waals surface area contributed by atoms with Gasteiger partial charge in [0.05, 0.1) is 19.2 Å². The van der Waals surface area contributed by atoms with Crippen LogP contribution in [-0.4, -0.2) is 42.6 Å². The molecule has 2 N–H and O–H groups in total. The van der Waals surface area contributed by atoms with Crippen LogP contribution in [0.5, 0.6) is 5.75 Å². The molecule has 0 saturated carbocycles. The largest absolute Gasteiger partial charge is 0.484 e. The van der Waals surface area contributed by atoms with Gasteiger partial charge in [0.25, 0.3) is 5.91 Å². The lowest BCUT2D eigenvalue weighted by molar-refractivity contribution is -0.139. The van der Waals surface area contributed by atoms with Gasteiger partial charge < -0.3 is 15.2 Å². The molecule has 2 aromatic carbocycles. The number of rotatable bonds is 1. The van der Waals surface area contributed by atoms with Crippen molar-refractivity contribution < 1.29 is 14.3 Å². The van der Waals surface area contributed by atoms with Crippen LogP contribution in [0.4, 0.5) is 5.69 Å². The second kappa shape index (κ2) is 7.08. The summed E-state index contributed by atoms with van der Waals surface area (Å²) in [6.07, 6.45) is 1.94. The molecule has 3 aliphatic heterocycles. The Kier molecular flexibility index (Phi) is 4.44. The van der Waals surface area contributed by atoms with Gasteiger partial charge in [-0.15, -0.1) is 0 Å². The number of nitrogens with zero attached hydrogens (tertiary/aromatic N) is 4. The van der Waals surface area contributed by atoms with Crippen molar-refractivity contribution in [2.75, 3.05) is 20.3 Å². The fraction of sp³-hybridized carbons (Fsp3) is 0.333. The number of amides is 1. The Morgan fingerprint density at radius 3 is 2.78 bits per heavy atom. The number of fused-ring (bicyclic) bond motifs is 2. The highest BCUT2D eigenvalue weighted by atomic mass is 16.5. The van der Waals surface area contributed by atoms with Gasteiger partial charge in [-0.1, -0.05) is 6.07 Å². The van der Waals surface area contributed by atoms with E-state index in [4.69, 9.17) is 21.8 Å². The third-order valence-corrected chi connectivity index (χ3v) is 6.43. The molecule has 1 amide bonds. The number of hydrogen-bond donors (Lipinski definition) is 1. The quantitative estimate of drug-likeness (QED) is 0.704. The van der Waals surface area contributed by atoms with E-state index >= 15 is 0 Å². The molecule has 0 radical (unpaired) electrons. The molecular weight excluding hydrogens is 406 g/mol. The summed E-state index contributed by atoms with van der Waals surface area (Å²) in [5, 5.41) is 9.36. The van der Waals surface area contributed by atoms with E-state index < -0.39 is 11.1 Å². The Bertz CT molecular complexity index is 1220. The number of carbonyl (C=O) groups excluding carboxylic acids is 1. The topological polar surface area (TPSA) is 105 Å². The van der Waals surface area contributed by atoms with Crippen LogP contribution >= 0.6 is 0 Å². The van der Waals surface area contributed by atoms with Crippen LogP contribution in [0, 0.1) is 17.9 Å². The van der Waals surface area contributed by atoms with Crippen LogP contribution in [0.15, 0.2) is 41.4 Å². The van der Waals surface area contributed by atoms with Crippen molar-refractivity contribution in [1.29, 1.82) is 5.26 Å². The number of likely N-dealkylation sites (N-methyl/N-ethyl adjacent to an activating group) is 1. The van der Waals surface area contributed by atoms with Crippen LogP contribution < -0.4 is 10.5 Å². The maximum atomic E-state index is 13.5. The lowest BCUT2D eigenvalue weighted by atomic mass is 9.74. The van der Waals surface area contributed by atoms with Crippen LogP contribution in [0.25, 0.3) is 16.0 Å². The van der Waals surface area contributed by atoms with Crippen molar-refractivity contribution in [2.24, 2.45) is 10.7 Å². The van der Waals surface area contributed by atoms with Gasteiger partial charge in [0.1, 0.15) is 11.4 Å². The minimum Gasteiger partial charge on any atom is -0.484 e. The number of hydrogen-bond acceptors (Lipinski definition) is 6. The molecule has 2 atom stereocenters. The van der Waals surface area contributed by atoms with E-state index in [0.717, 1.165) is 18.4 Å². The predicted octanol–water partition coefficient (Wildman–Crippen LogP) is 3.09. The number of nitrogens with two attached hydrogens (primary N) is 1. The summed E-state index contributed by atoms with van der Waals surface area (Å²) in [5.41, 5.74) is 7.13. The van der Waals surface area contributed by atoms with Gasteiger partial charge in [0, 0.05) is 31.2 Å². The number of nitriles is 1. The molecule has 3 aliphatic rings. The van der Waals surface area contributed by atoms with E-state index in [1.807, 2.05) is 18.2 Å². The first-order valence-corrected chi connectivity index (χ1v) is 10.4. The number of aliphatic imine (C=N–C) groups is 1. The maximum absolute atomic E-state index is 13.5. The lowest BCUT2D eigenvalue weighted by Gasteiger charge is -2.46. The Balaban J connectivity index is 1.69. The molecule has 3 heterocycles. The number of ether oxygens (including phenoxy) is 2. The standard InChI is InChI=1S/C24H21N5O3/c1-27-18-9-15(12-25)8-17(10-18)16-4-5-20-19(11-16)24(21(30)29(2)22(26)28-24)13-23(32-20)6-3-7-31-14-23/h4-5,8-11H,3,6-7,13-14H2,2H3,(H2,26,28)/t23-,24-/m0/s1. The zero-order chi connectivity index (χ0) is 22.5. The summed E-state index contributed by atoms with van der Waals surface area (Å²) < 4.78 is 12.2. The third-order valence-electron chi connectivity index (χ3n) is 6.43. The number of guanidine groups is 1. The molecule has 8 nitrogen and oxygen atoms in total. The highest BCUT2D eigenvalue weighted by Crippen LogP contribution is 2.51.